The Balaban J connectivity index is 1.90. The van der Waals surface area contributed by atoms with Crippen molar-refractivity contribution in [3.8, 4) is 0 Å². The summed E-state index contributed by atoms with van der Waals surface area (Å²) in [5.74, 6) is -0.148. The molecule has 0 radical (unpaired) electrons. The SMILES string of the molecule is CCN(CC(=O)N(C)C)C(=O)c1ccc2[nH]c3c(c2c1)CCCC3. The van der Waals surface area contributed by atoms with Crippen LogP contribution in [0.2, 0.25) is 0 Å². The third-order valence-electron chi connectivity index (χ3n) is 4.84. The molecule has 1 N–H and O–H groups in total. The molecule has 1 heterocycles. The lowest BCUT2D eigenvalue weighted by Gasteiger charge is -2.22. The van der Waals surface area contributed by atoms with Crippen molar-refractivity contribution in [1.82, 2.24) is 14.8 Å². The van der Waals surface area contributed by atoms with E-state index >= 15 is 0 Å². The van der Waals surface area contributed by atoms with Crippen molar-refractivity contribution >= 4 is 22.7 Å². The molecule has 5 nitrogen and oxygen atoms in total. The van der Waals surface area contributed by atoms with Gasteiger partial charge in [-0.05, 0) is 56.4 Å². The second-order valence-corrected chi connectivity index (χ2v) is 6.66. The second kappa shape index (κ2) is 6.67. The molecule has 0 bridgehead atoms. The van der Waals surface area contributed by atoms with E-state index in [-0.39, 0.29) is 18.4 Å². The van der Waals surface area contributed by atoms with E-state index in [0.717, 1.165) is 23.7 Å². The molecule has 0 saturated carbocycles. The van der Waals surface area contributed by atoms with Gasteiger partial charge in [-0.2, -0.15) is 0 Å². The van der Waals surface area contributed by atoms with E-state index in [1.807, 2.05) is 25.1 Å². The zero-order valence-electron chi connectivity index (χ0n) is 14.7. The van der Waals surface area contributed by atoms with Crippen molar-refractivity contribution in [2.45, 2.75) is 32.6 Å². The molecular weight excluding hydrogens is 302 g/mol. The molecule has 5 heteroatoms. The highest BCUT2D eigenvalue weighted by atomic mass is 16.2. The van der Waals surface area contributed by atoms with Gasteiger partial charge < -0.3 is 14.8 Å². The van der Waals surface area contributed by atoms with E-state index in [0.29, 0.717) is 12.1 Å². The van der Waals surface area contributed by atoms with E-state index in [4.69, 9.17) is 0 Å². The third kappa shape index (κ3) is 3.03. The largest absolute Gasteiger partial charge is 0.358 e. The van der Waals surface area contributed by atoms with Crippen molar-refractivity contribution < 1.29 is 9.59 Å². The van der Waals surface area contributed by atoms with Crippen molar-refractivity contribution in [2.24, 2.45) is 0 Å². The number of likely N-dealkylation sites (N-methyl/N-ethyl adjacent to an activating group) is 2. The van der Waals surface area contributed by atoms with Gasteiger partial charge in [0.1, 0.15) is 0 Å². The van der Waals surface area contributed by atoms with Gasteiger partial charge in [0.2, 0.25) is 5.91 Å². The monoisotopic (exact) mass is 327 g/mol. The maximum absolute atomic E-state index is 12.8. The first kappa shape index (κ1) is 16.6. The van der Waals surface area contributed by atoms with Crippen LogP contribution in [-0.2, 0) is 17.6 Å². The Bertz CT molecular complexity index is 776. The van der Waals surface area contributed by atoms with E-state index in [2.05, 4.69) is 4.98 Å². The highest BCUT2D eigenvalue weighted by Crippen LogP contribution is 2.29. The molecule has 1 aromatic carbocycles. The van der Waals surface area contributed by atoms with Crippen LogP contribution in [0, 0.1) is 0 Å². The predicted octanol–water partition coefficient (Wildman–Crippen LogP) is 2.60. The number of nitrogens with zero attached hydrogens (tertiary/aromatic N) is 2. The van der Waals surface area contributed by atoms with Gasteiger partial charge in [0, 0.05) is 42.8 Å². The Morgan fingerprint density at radius 3 is 2.62 bits per heavy atom. The summed E-state index contributed by atoms with van der Waals surface area (Å²) >= 11 is 0. The summed E-state index contributed by atoms with van der Waals surface area (Å²) < 4.78 is 0. The number of H-pyrrole nitrogens is 1. The smallest absolute Gasteiger partial charge is 0.254 e. The lowest BCUT2D eigenvalue weighted by Crippen LogP contribution is -2.40. The number of carbonyl (C=O) groups excluding carboxylic acids is 2. The Hall–Kier alpha value is -2.30. The summed E-state index contributed by atoms with van der Waals surface area (Å²) in [5, 5.41) is 1.16. The molecule has 0 unspecified atom stereocenters. The number of hydrogen-bond donors (Lipinski definition) is 1. The number of rotatable bonds is 4. The third-order valence-corrected chi connectivity index (χ3v) is 4.84. The fourth-order valence-corrected chi connectivity index (χ4v) is 3.35. The van der Waals surface area contributed by atoms with E-state index in [9.17, 15) is 9.59 Å². The lowest BCUT2D eigenvalue weighted by atomic mass is 9.95. The number of benzene rings is 1. The highest BCUT2D eigenvalue weighted by Gasteiger charge is 2.21. The fraction of sp³-hybridized carbons (Fsp3) is 0.474. The summed E-state index contributed by atoms with van der Waals surface area (Å²) in [4.78, 5) is 31.4. The summed E-state index contributed by atoms with van der Waals surface area (Å²) in [7, 11) is 3.41. The number of amides is 2. The van der Waals surface area contributed by atoms with Gasteiger partial charge in [0.15, 0.2) is 0 Å². The Morgan fingerprint density at radius 2 is 1.92 bits per heavy atom. The van der Waals surface area contributed by atoms with Crippen molar-refractivity contribution in [2.75, 3.05) is 27.2 Å². The van der Waals surface area contributed by atoms with Crippen LogP contribution in [0.4, 0.5) is 0 Å². The maximum atomic E-state index is 12.8. The average Bonchev–Trinajstić information content (AvgIpc) is 2.96. The van der Waals surface area contributed by atoms with Crippen LogP contribution in [0.1, 0.15) is 41.4 Å². The zero-order chi connectivity index (χ0) is 17.3. The molecule has 24 heavy (non-hydrogen) atoms. The predicted molar refractivity (Wildman–Crippen MR) is 95.2 cm³/mol. The van der Waals surface area contributed by atoms with Crippen LogP contribution >= 0.6 is 0 Å². The topological polar surface area (TPSA) is 56.4 Å². The number of carbonyl (C=O) groups is 2. The standard InChI is InChI=1S/C19H25N3O2/c1-4-22(12-18(23)21(2)3)19(24)13-9-10-17-15(11-13)14-7-5-6-8-16(14)20-17/h9-11,20H,4-8,12H2,1-3H3. The number of nitrogens with one attached hydrogen (secondary N) is 1. The highest BCUT2D eigenvalue weighted by molar-refractivity contribution is 6.00. The minimum absolute atomic E-state index is 0.0645. The summed E-state index contributed by atoms with van der Waals surface area (Å²) in [5.41, 5.74) is 4.43. The first-order valence-corrected chi connectivity index (χ1v) is 8.64. The Kier molecular flexibility index (Phi) is 4.60. The number of aryl methyl sites for hydroxylation is 2. The van der Waals surface area contributed by atoms with Gasteiger partial charge in [-0.15, -0.1) is 0 Å². The van der Waals surface area contributed by atoms with Gasteiger partial charge in [-0.1, -0.05) is 0 Å². The second-order valence-electron chi connectivity index (χ2n) is 6.66. The van der Waals surface area contributed by atoms with E-state index in [1.54, 1.807) is 19.0 Å². The molecule has 1 aliphatic rings. The molecule has 0 aliphatic heterocycles. The molecule has 0 saturated heterocycles. The normalized spacial score (nSPS) is 13.6. The first-order chi connectivity index (χ1) is 11.5. The summed E-state index contributed by atoms with van der Waals surface area (Å²) in [6, 6.07) is 5.83. The van der Waals surface area contributed by atoms with Gasteiger partial charge in [-0.25, -0.2) is 0 Å². The van der Waals surface area contributed by atoms with Gasteiger partial charge in [0.25, 0.3) is 5.91 Å². The number of aromatic amines is 1. The molecule has 1 aliphatic carbocycles. The van der Waals surface area contributed by atoms with Gasteiger partial charge in [-0.3, -0.25) is 9.59 Å². The van der Waals surface area contributed by atoms with Crippen molar-refractivity contribution in [1.29, 1.82) is 0 Å². The molecule has 0 fully saturated rings. The fourth-order valence-electron chi connectivity index (χ4n) is 3.35. The zero-order valence-corrected chi connectivity index (χ0v) is 14.7. The van der Waals surface area contributed by atoms with Crippen molar-refractivity contribution in [3.63, 3.8) is 0 Å². The molecule has 0 spiro atoms. The molecule has 2 amide bonds. The molecule has 128 valence electrons. The number of aromatic nitrogens is 1. The van der Waals surface area contributed by atoms with Crippen LogP contribution in [-0.4, -0.2) is 53.8 Å². The van der Waals surface area contributed by atoms with Crippen LogP contribution in [0.5, 0.6) is 0 Å². The first-order valence-electron chi connectivity index (χ1n) is 8.64. The van der Waals surface area contributed by atoms with Gasteiger partial charge >= 0.3 is 0 Å². The molecule has 0 atom stereocenters. The van der Waals surface area contributed by atoms with Crippen LogP contribution in [0.3, 0.4) is 0 Å². The molecule has 3 rings (SSSR count). The molecular formula is C19H25N3O2. The van der Waals surface area contributed by atoms with E-state index in [1.165, 1.54) is 29.0 Å². The van der Waals surface area contributed by atoms with Crippen LogP contribution in [0.25, 0.3) is 10.9 Å². The summed E-state index contributed by atoms with van der Waals surface area (Å²) in [6.45, 7) is 2.53. The minimum atomic E-state index is -0.0830. The Morgan fingerprint density at radius 1 is 1.17 bits per heavy atom. The maximum Gasteiger partial charge on any atom is 0.254 e. The van der Waals surface area contributed by atoms with E-state index < -0.39 is 0 Å². The summed E-state index contributed by atoms with van der Waals surface area (Å²) in [6.07, 6.45) is 4.59. The van der Waals surface area contributed by atoms with Crippen molar-refractivity contribution in [3.05, 3.63) is 35.0 Å². The lowest BCUT2D eigenvalue weighted by molar-refractivity contribution is -0.129. The number of hydrogen-bond acceptors (Lipinski definition) is 2. The van der Waals surface area contributed by atoms with Crippen LogP contribution < -0.4 is 0 Å². The Labute approximate surface area is 142 Å². The number of fused-ring (bicyclic) bond motifs is 3. The quantitative estimate of drug-likeness (QED) is 0.938. The average molecular weight is 327 g/mol. The van der Waals surface area contributed by atoms with Gasteiger partial charge in [0.05, 0.1) is 6.54 Å². The molecule has 2 aromatic rings. The molecule has 1 aromatic heterocycles. The minimum Gasteiger partial charge on any atom is -0.358 e. The van der Waals surface area contributed by atoms with Crippen LogP contribution in [0.15, 0.2) is 18.2 Å².